The molecule has 3 radical (unpaired) electrons. The van der Waals surface area contributed by atoms with Crippen LogP contribution in [-0.2, 0) is 113 Å². The van der Waals surface area contributed by atoms with E-state index in [9.17, 15) is 14.4 Å². The summed E-state index contributed by atoms with van der Waals surface area (Å²) in [6.45, 7) is 10.0. The van der Waals surface area contributed by atoms with E-state index in [0.717, 1.165) is 0 Å². The smallest absolute Gasteiger partial charge is 0 e. The summed E-state index contributed by atoms with van der Waals surface area (Å²) in [6.07, 6.45) is 1.44. The number of ketones is 3. The maximum Gasteiger partial charge on any atom is 0 e. The molecule has 0 N–H and O–H groups in total. The molecule has 0 amide bonds. The molecular weight excluding hydrogens is 459 g/mol. The minimum atomic E-state index is -0.287. The van der Waals surface area contributed by atoms with Gasteiger partial charge in [-0.25, -0.2) is 0 Å². The third-order valence-corrected chi connectivity index (χ3v) is 3.07. The predicted molar refractivity (Wildman–Crippen MR) is 55.4 cm³/mol. The van der Waals surface area contributed by atoms with Crippen molar-refractivity contribution in [3.05, 3.63) is 20.8 Å². The van der Waals surface area contributed by atoms with Gasteiger partial charge < -0.3 is 35.2 Å². The van der Waals surface area contributed by atoms with Gasteiger partial charge >= 0.3 is 0 Å². The molecule has 0 atom stereocenters. The second kappa shape index (κ2) is 11.6. The standard InChI is InChI=1S/C12H15O3.3Y/c1-7(13)10-4-11(8(2)14)6-12(5-10)9(3)15;;;/h10-12H,1-6H2;;;/q-3;;;. The van der Waals surface area contributed by atoms with Crippen molar-refractivity contribution >= 4 is 17.3 Å². The zero-order valence-electron chi connectivity index (χ0n) is 10.4. The molecule has 0 bridgehead atoms. The van der Waals surface area contributed by atoms with E-state index in [2.05, 4.69) is 20.8 Å². The van der Waals surface area contributed by atoms with Gasteiger partial charge in [0.2, 0.25) is 0 Å². The van der Waals surface area contributed by atoms with E-state index in [1.54, 1.807) is 0 Å². The van der Waals surface area contributed by atoms with Crippen LogP contribution in [0.4, 0.5) is 0 Å². The van der Waals surface area contributed by atoms with Crippen LogP contribution in [0, 0.1) is 38.5 Å². The molecule has 0 aromatic heterocycles. The van der Waals surface area contributed by atoms with Crippen LogP contribution in [0.3, 0.4) is 0 Å². The van der Waals surface area contributed by atoms with Crippen LogP contribution in [-0.4, -0.2) is 17.3 Å². The number of rotatable bonds is 3. The van der Waals surface area contributed by atoms with Crippen LogP contribution in [0.1, 0.15) is 19.3 Å². The SMILES string of the molecule is [CH2-]C(=O)C1CC(C([CH2-])=O)CC(C([CH2-])=O)C1.[Y].[Y].[Y]. The van der Waals surface area contributed by atoms with E-state index in [1.165, 1.54) is 0 Å². The first-order chi connectivity index (χ1) is 6.91. The van der Waals surface area contributed by atoms with Crippen LogP contribution in [0.25, 0.3) is 0 Å². The summed E-state index contributed by atoms with van der Waals surface area (Å²) in [6, 6.07) is 0. The monoisotopic (exact) mass is 474 g/mol. The minimum Gasteiger partial charge on any atom is -0.339 e. The Morgan fingerprint density at radius 3 is 0.889 bits per heavy atom. The molecule has 1 fully saturated rings. The van der Waals surface area contributed by atoms with Crippen molar-refractivity contribution < 1.29 is 113 Å². The Bertz CT molecular complexity index is 251. The fourth-order valence-electron chi connectivity index (χ4n) is 2.11. The quantitative estimate of drug-likeness (QED) is 0.579. The Balaban J connectivity index is -0.000000750. The van der Waals surface area contributed by atoms with Crippen LogP contribution >= 0.6 is 0 Å². The van der Waals surface area contributed by atoms with Gasteiger partial charge in [-0.3, -0.25) is 0 Å². The fourth-order valence-corrected chi connectivity index (χ4v) is 2.11. The Labute approximate surface area is 184 Å². The molecular formula is C12H15O3Y3-3. The second-order valence-electron chi connectivity index (χ2n) is 4.20. The third-order valence-electron chi connectivity index (χ3n) is 3.07. The van der Waals surface area contributed by atoms with Crippen molar-refractivity contribution in [2.75, 3.05) is 0 Å². The Morgan fingerprint density at radius 1 is 0.611 bits per heavy atom. The van der Waals surface area contributed by atoms with Crippen LogP contribution in [0.2, 0.25) is 0 Å². The van der Waals surface area contributed by atoms with Crippen molar-refractivity contribution in [3.63, 3.8) is 0 Å². The Hall–Kier alpha value is 1.93. The van der Waals surface area contributed by atoms with Gasteiger partial charge in [0.25, 0.3) is 0 Å². The molecule has 3 nitrogen and oxygen atoms in total. The van der Waals surface area contributed by atoms with E-state index in [-0.39, 0.29) is 133 Å². The molecule has 93 valence electrons. The largest absolute Gasteiger partial charge is 0.339 e. The molecule has 1 rings (SSSR count). The number of carbonyl (C=O) groups is 3. The van der Waals surface area contributed by atoms with Crippen molar-refractivity contribution in [1.29, 1.82) is 0 Å². The van der Waals surface area contributed by atoms with E-state index < -0.39 is 0 Å². The maximum atomic E-state index is 11.2. The van der Waals surface area contributed by atoms with E-state index >= 15 is 0 Å². The summed E-state index contributed by atoms with van der Waals surface area (Å²) < 4.78 is 0. The van der Waals surface area contributed by atoms with Gasteiger partial charge in [0.15, 0.2) is 0 Å². The molecule has 0 aromatic rings. The van der Waals surface area contributed by atoms with Crippen LogP contribution in [0.15, 0.2) is 0 Å². The van der Waals surface area contributed by atoms with E-state index in [4.69, 9.17) is 0 Å². The molecule has 0 aromatic carbocycles. The summed E-state index contributed by atoms with van der Waals surface area (Å²) >= 11 is 0. The molecule has 0 spiro atoms. The predicted octanol–water partition coefficient (Wildman–Crippen LogP) is 1.22. The zero-order valence-corrected chi connectivity index (χ0v) is 18.9. The minimum absolute atomic E-state index is 0. The third kappa shape index (κ3) is 7.64. The number of hydrogen-bond donors (Lipinski definition) is 0. The van der Waals surface area contributed by atoms with Crippen molar-refractivity contribution in [3.8, 4) is 0 Å². The fraction of sp³-hybridized carbons (Fsp3) is 0.500. The molecule has 1 aliphatic carbocycles. The van der Waals surface area contributed by atoms with Gasteiger partial charge in [0.1, 0.15) is 0 Å². The maximum absolute atomic E-state index is 11.2. The van der Waals surface area contributed by atoms with Gasteiger partial charge in [-0.2, -0.15) is 0 Å². The van der Waals surface area contributed by atoms with Gasteiger partial charge in [-0.1, -0.05) is 0 Å². The molecule has 0 heterocycles. The summed E-state index contributed by atoms with van der Waals surface area (Å²) in [4.78, 5) is 33.5. The summed E-state index contributed by atoms with van der Waals surface area (Å²) in [7, 11) is 0. The zero-order chi connectivity index (χ0) is 11.6. The Kier molecular flexibility index (Phi) is 16.0. The molecule has 1 aliphatic rings. The summed E-state index contributed by atoms with van der Waals surface area (Å²) in [5, 5.41) is 0. The average Bonchev–Trinajstić information content (AvgIpc) is 2.16. The first kappa shape index (κ1) is 24.9. The second-order valence-corrected chi connectivity index (χ2v) is 4.20. The van der Waals surface area contributed by atoms with Crippen LogP contribution in [0.5, 0.6) is 0 Å². The normalized spacial score (nSPS) is 25.7. The van der Waals surface area contributed by atoms with Gasteiger partial charge in [0.05, 0.1) is 0 Å². The van der Waals surface area contributed by atoms with Gasteiger partial charge in [-0.05, 0) is 54.4 Å². The number of Topliss-reactive ketones (excluding diaryl/α,β-unsaturated/α-hetero) is 3. The molecule has 0 aliphatic heterocycles. The first-order valence-electron chi connectivity index (χ1n) is 4.99. The number of carbonyl (C=O) groups excluding carboxylic acids is 3. The number of hydrogen-bond acceptors (Lipinski definition) is 3. The van der Waals surface area contributed by atoms with E-state index in [0.29, 0.717) is 19.3 Å². The van der Waals surface area contributed by atoms with E-state index in [1.807, 2.05) is 0 Å². The molecule has 0 saturated heterocycles. The molecule has 0 unspecified atom stereocenters. The van der Waals surface area contributed by atoms with Gasteiger partial charge in [-0.15, -0.1) is 0 Å². The van der Waals surface area contributed by atoms with Crippen molar-refractivity contribution in [2.24, 2.45) is 17.8 Å². The van der Waals surface area contributed by atoms with Crippen LogP contribution < -0.4 is 0 Å². The summed E-state index contributed by atoms with van der Waals surface area (Å²) in [5.74, 6) is -1.47. The van der Waals surface area contributed by atoms with Crippen molar-refractivity contribution in [1.82, 2.24) is 0 Å². The molecule has 1 saturated carbocycles. The average molecular weight is 474 g/mol. The Morgan fingerprint density at radius 2 is 0.778 bits per heavy atom. The first-order valence-corrected chi connectivity index (χ1v) is 4.99. The van der Waals surface area contributed by atoms with Gasteiger partial charge in [0, 0.05) is 98.1 Å². The summed E-state index contributed by atoms with van der Waals surface area (Å²) in [5.41, 5.74) is 0. The topological polar surface area (TPSA) is 51.2 Å². The molecule has 6 heteroatoms. The molecule has 18 heavy (non-hydrogen) atoms. The van der Waals surface area contributed by atoms with Crippen molar-refractivity contribution in [2.45, 2.75) is 19.3 Å².